The van der Waals surface area contributed by atoms with Crippen molar-refractivity contribution in [1.29, 1.82) is 0 Å². The standard InChI is InChI=1S/C31H43N3O3/c1-5-26(12-7-10-18-37-19-11-17-34-15-8-6-9-16-34)25(3)22-32-31-24(2)20-28(23-33-31)27-13-14-29(35)30(21-27)36-4/h5,7,10,13-14,20-23,35H,6,8-9,11-12,15-19H2,1-4H3,(H,32,33)/b10-7-,25-22+,26-5+. The van der Waals surface area contributed by atoms with Gasteiger partial charge >= 0.3 is 0 Å². The molecule has 0 atom stereocenters. The van der Waals surface area contributed by atoms with Gasteiger partial charge in [-0.2, -0.15) is 0 Å². The molecule has 3 rings (SSSR count). The molecule has 200 valence electrons. The molecule has 0 aliphatic carbocycles. The van der Waals surface area contributed by atoms with Crippen molar-refractivity contribution in [2.75, 3.05) is 45.3 Å². The summed E-state index contributed by atoms with van der Waals surface area (Å²) in [5, 5.41) is 13.2. The van der Waals surface area contributed by atoms with Gasteiger partial charge in [0.25, 0.3) is 0 Å². The second-order valence-corrected chi connectivity index (χ2v) is 9.57. The van der Waals surface area contributed by atoms with Crippen LogP contribution in [0.4, 0.5) is 5.82 Å². The minimum atomic E-state index is 0.125. The second kappa shape index (κ2) is 15.2. The van der Waals surface area contributed by atoms with Crippen molar-refractivity contribution < 1.29 is 14.6 Å². The maximum absolute atomic E-state index is 9.85. The lowest BCUT2D eigenvalue weighted by Gasteiger charge is -2.26. The van der Waals surface area contributed by atoms with Gasteiger partial charge in [0.1, 0.15) is 5.82 Å². The number of phenols is 1. The minimum absolute atomic E-state index is 0.125. The molecule has 2 heterocycles. The number of pyridine rings is 1. The third kappa shape index (κ3) is 9.06. The zero-order valence-electron chi connectivity index (χ0n) is 22.9. The van der Waals surface area contributed by atoms with Crippen LogP contribution in [0.5, 0.6) is 11.5 Å². The number of ether oxygens (including phenoxy) is 2. The summed E-state index contributed by atoms with van der Waals surface area (Å²) in [6, 6.07) is 7.39. The zero-order chi connectivity index (χ0) is 26.5. The lowest BCUT2D eigenvalue weighted by atomic mass is 10.0. The first-order valence-electron chi connectivity index (χ1n) is 13.4. The molecule has 0 amide bonds. The van der Waals surface area contributed by atoms with E-state index in [-0.39, 0.29) is 5.75 Å². The van der Waals surface area contributed by atoms with Crippen molar-refractivity contribution in [3.8, 4) is 22.6 Å². The molecule has 2 aromatic rings. The maximum atomic E-state index is 9.85. The number of piperidine rings is 1. The van der Waals surface area contributed by atoms with Gasteiger partial charge in [-0.05, 0) is 100 Å². The van der Waals surface area contributed by atoms with E-state index in [1.807, 2.05) is 31.5 Å². The fourth-order valence-corrected chi connectivity index (χ4v) is 4.52. The highest BCUT2D eigenvalue weighted by molar-refractivity contribution is 5.68. The number of aryl methyl sites for hydroxylation is 1. The quantitative estimate of drug-likeness (QED) is 0.176. The summed E-state index contributed by atoms with van der Waals surface area (Å²) in [5.41, 5.74) is 5.38. The molecule has 0 bridgehead atoms. The van der Waals surface area contributed by atoms with Gasteiger partial charge in [0, 0.05) is 31.1 Å². The Balaban J connectivity index is 1.44. The van der Waals surface area contributed by atoms with Gasteiger partial charge in [-0.1, -0.05) is 30.7 Å². The molecule has 1 aliphatic heterocycles. The first kappa shape index (κ1) is 28.5. The molecule has 6 nitrogen and oxygen atoms in total. The number of phenolic OH excluding ortho intramolecular Hbond substituents is 1. The number of benzene rings is 1. The Kier molecular flexibility index (Phi) is 11.7. The molecule has 1 saturated heterocycles. The summed E-state index contributed by atoms with van der Waals surface area (Å²) >= 11 is 0. The number of aromatic nitrogens is 1. The van der Waals surface area contributed by atoms with Gasteiger partial charge in [0.05, 0.1) is 13.7 Å². The number of aromatic hydroxyl groups is 1. The molecule has 0 saturated carbocycles. The Morgan fingerprint density at radius 3 is 2.68 bits per heavy atom. The van der Waals surface area contributed by atoms with E-state index in [1.165, 1.54) is 43.5 Å². The third-order valence-electron chi connectivity index (χ3n) is 6.80. The Morgan fingerprint density at radius 1 is 1.14 bits per heavy atom. The first-order valence-corrected chi connectivity index (χ1v) is 13.4. The van der Waals surface area contributed by atoms with Gasteiger partial charge in [0.2, 0.25) is 0 Å². The summed E-state index contributed by atoms with van der Waals surface area (Å²) in [6.45, 7) is 11.4. The van der Waals surface area contributed by atoms with E-state index in [9.17, 15) is 5.11 Å². The lowest BCUT2D eigenvalue weighted by molar-refractivity contribution is 0.138. The Hall–Kier alpha value is -3.09. The summed E-state index contributed by atoms with van der Waals surface area (Å²) in [6.07, 6.45) is 16.4. The van der Waals surface area contributed by atoms with Crippen molar-refractivity contribution in [3.05, 3.63) is 71.6 Å². The predicted octanol–water partition coefficient (Wildman–Crippen LogP) is 6.87. The van der Waals surface area contributed by atoms with E-state index in [1.54, 1.807) is 13.2 Å². The zero-order valence-corrected chi connectivity index (χ0v) is 22.9. The highest BCUT2D eigenvalue weighted by atomic mass is 16.5. The first-order chi connectivity index (χ1) is 18.0. The SMILES string of the molecule is C/C=C(C/C=C\COCCCN1CCCCC1)/C(C)=C/Nc1ncc(-c2ccc(O)c(OC)c2)cc1C. The number of rotatable bonds is 13. The molecule has 1 aromatic carbocycles. The largest absolute Gasteiger partial charge is 0.504 e. The van der Waals surface area contributed by atoms with E-state index in [0.717, 1.165) is 48.5 Å². The van der Waals surface area contributed by atoms with Crippen LogP contribution in [0.25, 0.3) is 11.1 Å². The van der Waals surface area contributed by atoms with E-state index < -0.39 is 0 Å². The van der Waals surface area contributed by atoms with Crippen LogP contribution in [0.3, 0.4) is 0 Å². The van der Waals surface area contributed by atoms with E-state index >= 15 is 0 Å². The number of methoxy groups -OCH3 is 1. The van der Waals surface area contributed by atoms with Crippen molar-refractivity contribution in [3.63, 3.8) is 0 Å². The average molecular weight is 506 g/mol. The van der Waals surface area contributed by atoms with Crippen LogP contribution in [-0.2, 0) is 4.74 Å². The third-order valence-corrected chi connectivity index (χ3v) is 6.80. The molecule has 2 N–H and O–H groups in total. The molecule has 1 fully saturated rings. The lowest BCUT2D eigenvalue weighted by Crippen LogP contribution is -2.31. The number of anilines is 1. The molecule has 0 unspecified atom stereocenters. The smallest absolute Gasteiger partial charge is 0.161 e. The van der Waals surface area contributed by atoms with Gasteiger partial charge in [0.15, 0.2) is 11.5 Å². The number of hydrogen-bond acceptors (Lipinski definition) is 6. The molecular weight excluding hydrogens is 462 g/mol. The molecule has 1 aromatic heterocycles. The predicted molar refractivity (Wildman–Crippen MR) is 153 cm³/mol. The van der Waals surface area contributed by atoms with Crippen LogP contribution in [0, 0.1) is 6.92 Å². The monoisotopic (exact) mass is 505 g/mol. The number of allylic oxidation sites excluding steroid dienone is 4. The maximum Gasteiger partial charge on any atom is 0.161 e. The highest BCUT2D eigenvalue weighted by Crippen LogP contribution is 2.32. The highest BCUT2D eigenvalue weighted by Gasteiger charge is 2.09. The Morgan fingerprint density at radius 2 is 1.95 bits per heavy atom. The van der Waals surface area contributed by atoms with Crippen molar-refractivity contribution in [2.45, 2.75) is 52.9 Å². The fourth-order valence-electron chi connectivity index (χ4n) is 4.52. The van der Waals surface area contributed by atoms with Crippen LogP contribution >= 0.6 is 0 Å². The number of hydrogen-bond donors (Lipinski definition) is 2. The van der Waals surface area contributed by atoms with Crippen molar-refractivity contribution in [1.82, 2.24) is 9.88 Å². The summed E-state index contributed by atoms with van der Waals surface area (Å²) < 4.78 is 11.0. The second-order valence-electron chi connectivity index (χ2n) is 9.57. The fraction of sp³-hybridized carbons (Fsp3) is 0.452. The number of nitrogens with zero attached hydrogens (tertiary/aromatic N) is 2. The van der Waals surface area contributed by atoms with Crippen molar-refractivity contribution in [2.24, 2.45) is 0 Å². The van der Waals surface area contributed by atoms with Crippen LogP contribution < -0.4 is 10.1 Å². The number of likely N-dealkylation sites (tertiary alicyclic amines) is 1. The molecule has 0 spiro atoms. The molecule has 6 heteroatoms. The topological polar surface area (TPSA) is 66.9 Å². The van der Waals surface area contributed by atoms with Crippen molar-refractivity contribution >= 4 is 5.82 Å². The van der Waals surface area contributed by atoms with Gasteiger partial charge < -0.3 is 24.8 Å². The summed E-state index contributed by atoms with van der Waals surface area (Å²) in [5.74, 6) is 1.39. The van der Waals surface area contributed by atoms with Gasteiger partial charge in [-0.25, -0.2) is 4.98 Å². The van der Waals surface area contributed by atoms with Crippen LogP contribution in [-0.4, -0.2) is 54.9 Å². The summed E-state index contributed by atoms with van der Waals surface area (Å²) in [7, 11) is 1.55. The average Bonchev–Trinajstić information content (AvgIpc) is 2.92. The minimum Gasteiger partial charge on any atom is -0.504 e. The molecule has 0 radical (unpaired) electrons. The van der Waals surface area contributed by atoms with Gasteiger partial charge in [-0.3, -0.25) is 0 Å². The normalized spacial score (nSPS) is 15.4. The van der Waals surface area contributed by atoms with Crippen LogP contribution in [0.1, 0.15) is 51.5 Å². The summed E-state index contributed by atoms with van der Waals surface area (Å²) in [4.78, 5) is 7.18. The van der Waals surface area contributed by atoms with Crippen LogP contribution in [0.2, 0.25) is 0 Å². The Labute approximate surface area is 222 Å². The van der Waals surface area contributed by atoms with E-state index in [4.69, 9.17) is 9.47 Å². The molecule has 1 aliphatic rings. The Bertz CT molecular complexity index is 1090. The van der Waals surface area contributed by atoms with E-state index in [0.29, 0.717) is 12.4 Å². The number of nitrogens with one attached hydrogen (secondary N) is 1. The van der Waals surface area contributed by atoms with E-state index in [2.05, 4.69) is 53.3 Å². The molecular formula is C31H43N3O3. The van der Waals surface area contributed by atoms with Crippen LogP contribution in [0.15, 0.2) is 66.0 Å². The molecule has 37 heavy (non-hydrogen) atoms. The van der Waals surface area contributed by atoms with Gasteiger partial charge in [-0.15, -0.1) is 0 Å².